The summed E-state index contributed by atoms with van der Waals surface area (Å²) < 4.78 is 0. The number of hydrogen-bond acceptors (Lipinski definition) is 12. The summed E-state index contributed by atoms with van der Waals surface area (Å²) in [6, 6.07) is 11.1. The second kappa shape index (κ2) is 22.5. The number of phenolic OH excluding ortho intramolecular Hbond substituents is 1. The Morgan fingerprint density at radius 2 is 1.51 bits per heavy atom. The zero-order valence-corrected chi connectivity index (χ0v) is 36.8. The summed E-state index contributed by atoms with van der Waals surface area (Å²) in [5, 5.41) is 50.1. The summed E-state index contributed by atoms with van der Waals surface area (Å²) in [6.07, 6.45) is 1.43. The molecule has 65 heavy (non-hydrogen) atoms. The number of hydrogen-bond donors (Lipinski definition) is 7. The lowest BCUT2D eigenvalue weighted by molar-refractivity contribution is -0.393. The lowest BCUT2D eigenvalue weighted by atomic mass is 9.99. The molecule has 20 nitrogen and oxygen atoms in total. The Morgan fingerprint density at radius 3 is 2.15 bits per heavy atom. The van der Waals surface area contributed by atoms with Crippen LogP contribution in [0.1, 0.15) is 70.9 Å². The fraction of sp³-hybridized carbons (Fsp3) is 0.467. The van der Waals surface area contributed by atoms with Crippen LogP contribution in [-0.4, -0.2) is 105 Å². The van der Waals surface area contributed by atoms with Crippen LogP contribution in [0.25, 0.3) is 0 Å². The van der Waals surface area contributed by atoms with Gasteiger partial charge in [0, 0.05) is 32.0 Å². The van der Waals surface area contributed by atoms with Crippen molar-refractivity contribution in [3.05, 3.63) is 104 Å². The molecule has 0 unspecified atom stereocenters. The molecule has 0 saturated carbocycles. The molecule has 2 saturated heterocycles. The van der Waals surface area contributed by atoms with Gasteiger partial charge in [0.2, 0.25) is 35.4 Å². The van der Waals surface area contributed by atoms with Crippen LogP contribution in [0.2, 0.25) is 0 Å². The number of nitrogens with one attached hydrogen (secondary N) is 6. The smallest absolute Gasteiger partial charge is 0.299 e. The SMILES string of the molecule is CC(C)C[C@@H]1NC(=O)[C@@H](NC(=O)[C@@H](NC(=O)[C@@H](Cc2ccc(O)cc2)Nc2ccc([N+](=O)[O-])cc2[N+](=O)[O-])C(C)C)CCCNC(=O)[C@@H]2CCCN2C(=O)[C@@H](Cc2ccccc2)NC1=O. The van der Waals surface area contributed by atoms with Gasteiger partial charge in [-0.15, -0.1) is 0 Å². The molecule has 0 radical (unpaired) electrons. The number of aromatic hydroxyl groups is 1. The highest BCUT2D eigenvalue weighted by molar-refractivity contribution is 5.97. The van der Waals surface area contributed by atoms with Crippen molar-refractivity contribution in [1.82, 2.24) is 31.5 Å². The maximum Gasteiger partial charge on any atom is 0.299 e. The molecule has 3 aromatic carbocycles. The summed E-state index contributed by atoms with van der Waals surface area (Å²) in [4.78, 5) is 108. The number of benzene rings is 3. The second-order valence-electron chi connectivity index (χ2n) is 17.1. The van der Waals surface area contributed by atoms with Crippen molar-refractivity contribution in [2.45, 2.75) is 109 Å². The van der Waals surface area contributed by atoms with Gasteiger partial charge in [-0.2, -0.15) is 0 Å². The molecule has 7 N–H and O–H groups in total. The van der Waals surface area contributed by atoms with Crippen molar-refractivity contribution in [2.75, 3.05) is 18.4 Å². The van der Waals surface area contributed by atoms with Crippen molar-refractivity contribution in [2.24, 2.45) is 11.8 Å². The minimum Gasteiger partial charge on any atom is -0.508 e. The van der Waals surface area contributed by atoms with E-state index in [0.717, 1.165) is 23.8 Å². The summed E-state index contributed by atoms with van der Waals surface area (Å²) in [5.74, 6) is -4.40. The van der Waals surface area contributed by atoms with Crippen molar-refractivity contribution >= 4 is 52.5 Å². The molecule has 20 heteroatoms. The third kappa shape index (κ3) is 13.4. The molecule has 2 fully saturated rings. The van der Waals surface area contributed by atoms with E-state index in [-0.39, 0.29) is 61.9 Å². The molecule has 0 spiro atoms. The van der Waals surface area contributed by atoms with Crippen molar-refractivity contribution in [1.29, 1.82) is 0 Å². The van der Waals surface area contributed by atoms with Gasteiger partial charge < -0.3 is 41.9 Å². The van der Waals surface area contributed by atoms with Crippen molar-refractivity contribution in [3.63, 3.8) is 0 Å². The molecule has 0 bridgehead atoms. The number of fused-ring (bicyclic) bond motifs is 1. The number of anilines is 1. The van der Waals surface area contributed by atoms with E-state index in [2.05, 4.69) is 31.9 Å². The first-order valence-electron chi connectivity index (χ1n) is 21.7. The molecule has 348 valence electrons. The number of amides is 6. The number of carbonyl (C=O) groups excluding carboxylic acids is 6. The third-order valence-corrected chi connectivity index (χ3v) is 11.3. The molecule has 3 aromatic rings. The van der Waals surface area contributed by atoms with Gasteiger partial charge in [0.25, 0.3) is 11.4 Å². The molecule has 0 aliphatic carbocycles. The summed E-state index contributed by atoms with van der Waals surface area (Å²) in [7, 11) is 0. The minimum atomic E-state index is -1.30. The quantitative estimate of drug-likeness (QED) is 0.0857. The van der Waals surface area contributed by atoms with Gasteiger partial charge in [0.05, 0.1) is 15.9 Å². The van der Waals surface area contributed by atoms with Gasteiger partial charge in [-0.3, -0.25) is 49.0 Å². The Balaban J connectivity index is 1.41. The first-order chi connectivity index (χ1) is 30.9. The van der Waals surface area contributed by atoms with Crippen LogP contribution in [0.3, 0.4) is 0 Å². The molecular weight excluding hydrogens is 843 g/mol. The van der Waals surface area contributed by atoms with E-state index >= 15 is 0 Å². The van der Waals surface area contributed by atoms with E-state index in [1.165, 1.54) is 29.2 Å². The number of nitro groups is 2. The van der Waals surface area contributed by atoms with Gasteiger partial charge in [-0.1, -0.05) is 70.2 Å². The fourth-order valence-corrected chi connectivity index (χ4v) is 7.93. The molecule has 2 aliphatic heterocycles. The minimum absolute atomic E-state index is 0.00538. The average molecular weight is 900 g/mol. The van der Waals surface area contributed by atoms with Gasteiger partial charge in [-0.05, 0) is 73.3 Å². The van der Waals surface area contributed by atoms with Gasteiger partial charge in [0.1, 0.15) is 47.7 Å². The number of nitro benzene ring substituents is 2. The molecular formula is C45H57N9O11. The van der Waals surface area contributed by atoms with Crippen molar-refractivity contribution < 1.29 is 43.7 Å². The Bertz CT molecular complexity index is 2220. The number of rotatable bonds is 15. The van der Waals surface area contributed by atoms with E-state index in [1.807, 2.05) is 44.2 Å². The maximum atomic E-state index is 14.2. The first kappa shape index (κ1) is 48.9. The predicted molar refractivity (Wildman–Crippen MR) is 238 cm³/mol. The lowest BCUT2D eigenvalue weighted by Crippen LogP contribution is -2.60. The second-order valence-corrected chi connectivity index (χ2v) is 17.1. The number of nitrogens with zero attached hydrogens (tertiary/aromatic N) is 3. The standard InChI is InChI=1S/C45H57N9O11/c1-26(2)22-34-41(57)50-36(24-28-10-6-5-7-11-28)45(61)52-21-9-13-37(52)43(59)46-20-8-12-33(40(56)49-34)48-44(60)39(27(3)4)51-42(58)35(23-29-14-17-31(55)18-15-29)47-32-19-16-30(53(62)63)25-38(32)54(64)65/h5-7,10-11,14-19,25-27,33-37,39,47,55H,8-9,12-13,20-24H2,1-4H3,(H,46,59)(H,48,60)(H,49,56)(H,50,57)(H,51,58)/t33-,34-,35+,36+,37-,39-/m0/s1. The normalized spacial score (nSPS) is 20.6. The van der Waals surface area contributed by atoms with Gasteiger partial charge >= 0.3 is 0 Å². The first-order valence-corrected chi connectivity index (χ1v) is 21.7. The predicted octanol–water partition coefficient (Wildman–Crippen LogP) is 3.02. The topological polar surface area (TPSA) is 284 Å². The largest absolute Gasteiger partial charge is 0.508 e. The molecule has 6 atom stereocenters. The molecule has 6 amide bonds. The van der Waals surface area contributed by atoms with Crippen LogP contribution in [-0.2, 0) is 41.6 Å². The van der Waals surface area contributed by atoms with E-state index in [1.54, 1.807) is 13.8 Å². The molecule has 2 aliphatic rings. The van der Waals surface area contributed by atoms with E-state index in [0.29, 0.717) is 24.9 Å². The zero-order chi connectivity index (χ0) is 47.4. The Morgan fingerprint density at radius 1 is 0.815 bits per heavy atom. The maximum absolute atomic E-state index is 14.2. The Labute approximate surface area is 376 Å². The lowest BCUT2D eigenvalue weighted by Gasteiger charge is -2.30. The Kier molecular flexibility index (Phi) is 16.9. The van der Waals surface area contributed by atoms with E-state index in [4.69, 9.17) is 0 Å². The average Bonchev–Trinajstić information content (AvgIpc) is 3.76. The van der Waals surface area contributed by atoms with Crippen LogP contribution in [0.5, 0.6) is 5.75 Å². The van der Waals surface area contributed by atoms with Gasteiger partial charge in [-0.25, -0.2) is 0 Å². The summed E-state index contributed by atoms with van der Waals surface area (Å²) >= 11 is 0. The molecule has 2 heterocycles. The number of phenols is 1. The van der Waals surface area contributed by atoms with Gasteiger partial charge in [0.15, 0.2) is 0 Å². The monoisotopic (exact) mass is 899 g/mol. The fourth-order valence-electron chi connectivity index (χ4n) is 7.93. The van der Waals surface area contributed by atoms with E-state index < -0.39 is 92.9 Å². The highest BCUT2D eigenvalue weighted by Crippen LogP contribution is 2.30. The highest BCUT2D eigenvalue weighted by Gasteiger charge is 2.40. The summed E-state index contributed by atoms with van der Waals surface area (Å²) in [6.45, 7) is 7.47. The third-order valence-electron chi connectivity index (χ3n) is 11.3. The van der Waals surface area contributed by atoms with Crippen LogP contribution in [0.15, 0.2) is 72.8 Å². The van der Waals surface area contributed by atoms with Crippen LogP contribution < -0.4 is 31.9 Å². The Hall–Kier alpha value is -7.12. The van der Waals surface area contributed by atoms with E-state index in [9.17, 15) is 54.1 Å². The summed E-state index contributed by atoms with van der Waals surface area (Å²) in [5.41, 5.74) is -0.131. The molecule has 0 aromatic heterocycles. The zero-order valence-electron chi connectivity index (χ0n) is 36.8. The highest BCUT2D eigenvalue weighted by atomic mass is 16.6. The van der Waals surface area contributed by atoms with Crippen LogP contribution in [0, 0.1) is 32.1 Å². The molecule has 5 rings (SSSR count). The van der Waals surface area contributed by atoms with Crippen LogP contribution >= 0.6 is 0 Å². The van der Waals surface area contributed by atoms with Crippen LogP contribution in [0.4, 0.5) is 17.1 Å². The number of non-ortho nitro benzene ring substituents is 1. The number of carbonyl (C=O) groups is 6. The van der Waals surface area contributed by atoms with Crippen molar-refractivity contribution in [3.8, 4) is 5.75 Å².